The lowest BCUT2D eigenvalue weighted by molar-refractivity contribution is -0.121. The van der Waals surface area contributed by atoms with E-state index in [1.165, 1.54) is 0 Å². The quantitative estimate of drug-likeness (QED) is 0.784. The number of amides is 1. The molecule has 0 bridgehead atoms. The van der Waals surface area contributed by atoms with Crippen molar-refractivity contribution in [2.45, 2.75) is 33.2 Å². The van der Waals surface area contributed by atoms with Crippen LogP contribution in [-0.4, -0.2) is 10.9 Å². The highest BCUT2D eigenvalue weighted by molar-refractivity contribution is 5.75. The Morgan fingerprint density at radius 3 is 2.87 bits per heavy atom. The van der Waals surface area contributed by atoms with Gasteiger partial charge in [-0.3, -0.25) is 4.79 Å². The molecule has 0 fully saturated rings. The molecule has 4 heteroatoms. The van der Waals surface area contributed by atoms with Crippen LogP contribution in [0.15, 0.2) is 12.1 Å². The van der Waals surface area contributed by atoms with Crippen LogP contribution in [0.3, 0.4) is 0 Å². The van der Waals surface area contributed by atoms with E-state index in [2.05, 4.69) is 10.3 Å². The summed E-state index contributed by atoms with van der Waals surface area (Å²) in [5, 5.41) is 2.84. The third-order valence-corrected chi connectivity index (χ3v) is 2.17. The monoisotopic (exact) mass is 207 g/mol. The first kappa shape index (κ1) is 11.5. The fourth-order valence-corrected chi connectivity index (χ4v) is 1.31. The minimum Gasteiger partial charge on any atom is -0.384 e. The van der Waals surface area contributed by atoms with Crippen LogP contribution in [0.5, 0.6) is 0 Å². The zero-order chi connectivity index (χ0) is 11.3. The average Bonchev–Trinajstić information content (AvgIpc) is 2.17. The minimum atomic E-state index is 0.0775. The fourth-order valence-electron chi connectivity index (χ4n) is 1.31. The van der Waals surface area contributed by atoms with Crippen molar-refractivity contribution < 1.29 is 4.79 Å². The smallest absolute Gasteiger partial charge is 0.220 e. The second-order valence-corrected chi connectivity index (χ2v) is 3.51. The fraction of sp³-hybridized carbons (Fsp3) is 0.455. The zero-order valence-corrected chi connectivity index (χ0v) is 9.21. The van der Waals surface area contributed by atoms with Gasteiger partial charge in [0.2, 0.25) is 5.91 Å². The Balaban J connectivity index is 2.54. The van der Waals surface area contributed by atoms with Crippen LogP contribution < -0.4 is 11.1 Å². The van der Waals surface area contributed by atoms with Crippen LogP contribution >= 0.6 is 0 Å². The summed E-state index contributed by atoms with van der Waals surface area (Å²) < 4.78 is 0. The lowest BCUT2D eigenvalue weighted by Gasteiger charge is -2.07. The Bertz CT molecular complexity index is 350. The van der Waals surface area contributed by atoms with E-state index >= 15 is 0 Å². The molecule has 0 saturated carbocycles. The Morgan fingerprint density at radius 2 is 2.27 bits per heavy atom. The van der Waals surface area contributed by atoms with Gasteiger partial charge in [-0.2, -0.15) is 0 Å². The Hall–Kier alpha value is -1.58. The van der Waals surface area contributed by atoms with Crippen molar-refractivity contribution in [2.75, 3.05) is 5.73 Å². The van der Waals surface area contributed by atoms with Crippen molar-refractivity contribution in [3.05, 3.63) is 23.4 Å². The number of nitrogens with zero attached hydrogens (tertiary/aromatic N) is 1. The highest BCUT2D eigenvalue weighted by Crippen LogP contribution is 2.07. The molecule has 1 heterocycles. The van der Waals surface area contributed by atoms with Gasteiger partial charge in [0.05, 0.1) is 0 Å². The van der Waals surface area contributed by atoms with Crippen LogP contribution in [0, 0.1) is 6.92 Å². The van der Waals surface area contributed by atoms with Gasteiger partial charge in [-0.05, 0) is 25.0 Å². The molecular formula is C11H17N3O. The number of hydrogen-bond acceptors (Lipinski definition) is 3. The molecule has 1 amide bonds. The standard InChI is InChI=1S/C11H17N3O/c1-3-4-11(15)13-7-9-5-6-10(12)14-8(9)2/h5-6H,3-4,7H2,1-2H3,(H2,12,14)(H,13,15). The minimum absolute atomic E-state index is 0.0775. The topological polar surface area (TPSA) is 68.0 Å². The molecular weight excluding hydrogens is 190 g/mol. The summed E-state index contributed by atoms with van der Waals surface area (Å²) in [6, 6.07) is 3.64. The highest BCUT2D eigenvalue weighted by Gasteiger charge is 2.02. The number of carbonyl (C=O) groups excluding carboxylic acids is 1. The molecule has 0 aliphatic carbocycles. The number of aromatic nitrogens is 1. The molecule has 4 nitrogen and oxygen atoms in total. The van der Waals surface area contributed by atoms with Gasteiger partial charge in [-0.1, -0.05) is 13.0 Å². The van der Waals surface area contributed by atoms with Gasteiger partial charge >= 0.3 is 0 Å². The average molecular weight is 207 g/mol. The predicted molar refractivity (Wildman–Crippen MR) is 60.1 cm³/mol. The molecule has 0 radical (unpaired) electrons. The van der Waals surface area contributed by atoms with Crippen molar-refractivity contribution in [1.29, 1.82) is 0 Å². The number of nitrogen functional groups attached to an aromatic ring is 1. The number of carbonyl (C=O) groups is 1. The molecule has 82 valence electrons. The van der Waals surface area contributed by atoms with Gasteiger partial charge in [0.25, 0.3) is 0 Å². The summed E-state index contributed by atoms with van der Waals surface area (Å²) in [5.74, 6) is 0.588. The molecule has 0 unspecified atom stereocenters. The van der Waals surface area contributed by atoms with Crippen LogP contribution in [-0.2, 0) is 11.3 Å². The molecule has 15 heavy (non-hydrogen) atoms. The van der Waals surface area contributed by atoms with Crippen LogP contribution in [0.2, 0.25) is 0 Å². The number of anilines is 1. The van der Waals surface area contributed by atoms with Crippen LogP contribution in [0.4, 0.5) is 5.82 Å². The summed E-state index contributed by atoms with van der Waals surface area (Å²) in [6.07, 6.45) is 1.44. The molecule has 0 aromatic carbocycles. The lowest BCUT2D eigenvalue weighted by atomic mass is 10.2. The van der Waals surface area contributed by atoms with E-state index in [1.54, 1.807) is 6.07 Å². The lowest BCUT2D eigenvalue weighted by Crippen LogP contribution is -2.22. The van der Waals surface area contributed by atoms with Gasteiger partial charge < -0.3 is 11.1 Å². The SMILES string of the molecule is CCCC(=O)NCc1ccc(N)nc1C. The summed E-state index contributed by atoms with van der Waals surface area (Å²) in [4.78, 5) is 15.4. The van der Waals surface area contributed by atoms with Crippen molar-refractivity contribution in [3.63, 3.8) is 0 Å². The van der Waals surface area contributed by atoms with Crippen LogP contribution in [0.1, 0.15) is 31.0 Å². The number of pyridine rings is 1. The molecule has 0 atom stereocenters. The van der Waals surface area contributed by atoms with Gasteiger partial charge in [-0.25, -0.2) is 4.98 Å². The summed E-state index contributed by atoms with van der Waals surface area (Å²) in [5.41, 5.74) is 7.41. The van der Waals surface area contributed by atoms with E-state index in [9.17, 15) is 4.79 Å². The molecule has 0 aliphatic rings. The zero-order valence-electron chi connectivity index (χ0n) is 9.21. The first-order valence-corrected chi connectivity index (χ1v) is 5.12. The molecule has 1 rings (SSSR count). The molecule has 1 aromatic heterocycles. The largest absolute Gasteiger partial charge is 0.384 e. The molecule has 0 aliphatic heterocycles. The van der Waals surface area contributed by atoms with E-state index in [1.807, 2.05) is 19.9 Å². The maximum absolute atomic E-state index is 11.2. The van der Waals surface area contributed by atoms with E-state index < -0.39 is 0 Å². The number of aryl methyl sites for hydroxylation is 1. The Kier molecular flexibility index (Phi) is 4.09. The number of rotatable bonds is 4. The third-order valence-electron chi connectivity index (χ3n) is 2.17. The van der Waals surface area contributed by atoms with Crippen LogP contribution in [0.25, 0.3) is 0 Å². The normalized spacial score (nSPS) is 10.0. The van der Waals surface area contributed by atoms with Crippen molar-refractivity contribution in [1.82, 2.24) is 10.3 Å². The number of nitrogens with two attached hydrogens (primary N) is 1. The molecule has 1 aromatic rings. The third kappa shape index (κ3) is 3.58. The van der Waals surface area contributed by atoms with E-state index in [-0.39, 0.29) is 5.91 Å². The second kappa shape index (κ2) is 5.34. The van der Waals surface area contributed by atoms with Gasteiger partial charge in [0.15, 0.2) is 0 Å². The maximum Gasteiger partial charge on any atom is 0.220 e. The molecule has 3 N–H and O–H groups in total. The Labute approximate surface area is 89.9 Å². The highest BCUT2D eigenvalue weighted by atomic mass is 16.1. The second-order valence-electron chi connectivity index (χ2n) is 3.51. The van der Waals surface area contributed by atoms with Crippen molar-refractivity contribution in [3.8, 4) is 0 Å². The summed E-state index contributed by atoms with van der Waals surface area (Å²) in [7, 11) is 0. The van der Waals surface area contributed by atoms with Gasteiger partial charge in [0, 0.05) is 18.7 Å². The summed E-state index contributed by atoms with van der Waals surface area (Å²) in [6.45, 7) is 4.39. The van der Waals surface area contributed by atoms with E-state index in [0.717, 1.165) is 17.7 Å². The maximum atomic E-state index is 11.2. The van der Waals surface area contributed by atoms with Crippen molar-refractivity contribution >= 4 is 11.7 Å². The summed E-state index contributed by atoms with van der Waals surface area (Å²) >= 11 is 0. The first-order valence-electron chi connectivity index (χ1n) is 5.12. The van der Waals surface area contributed by atoms with E-state index in [0.29, 0.717) is 18.8 Å². The first-order chi connectivity index (χ1) is 7.13. The predicted octanol–water partition coefficient (Wildman–Crippen LogP) is 1.39. The number of nitrogens with one attached hydrogen (secondary N) is 1. The Morgan fingerprint density at radius 1 is 1.53 bits per heavy atom. The van der Waals surface area contributed by atoms with Crippen molar-refractivity contribution in [2.24, 2.45) is 0 Å². The van der Waals surface area contributed by atoms with Gasteiger partial charge in [0.1, 0.15) is 5.82 Å². The van der Waals surface area contributed by atoms with E-state index in [4.69, 9.17) is 5.73 Å². The molecule has 0 spiro atoms. The number of hydrogen-bond donors (Lipinski definition) is 2. The van der Waals surface area contributed by atoms with Gasteiger partial charge in [-0.15, -0.1) is 0 Å². The molecule has 0 saturated heterocycles.